The predicted octanol–water partition coefficient (Wildman–Crippen LogP) is 1.10. The highest BCUT2D eigenvalue weighted by Crippen LogP contribution is 2.21. The number of para-hydroxylation sites is 2. The van der Waals surface area contributed by atoms with Gasteiger partial charge in [0.1, 0.15) is 16.8 Å². The highest BCUT2D eigenvalue weighted by molar-refractivity contribution is 7.83. The standard InChI is InChI=1S/C9H8N2OS/c12-13-6-5-9-10-7-3-1-2-4-8(7)11(9)13/h1-4H,5-6H2/t13-/m0/s1. The van der Waals surface area contributed by atoms with Crippen molar-refractivity contribution in [2.45, 2.75) is 6.42 Å². The Bertz CT molecular complexity index is 503. The first-order valence-corrected chi connectivity index (χ1v) is 5.49. The molecule has 13 heavy (non-hydrogen) atoms. The van der Waals surface area contributed by atoms with Crippen molar-refractivity contribution in [3.8, 4) is 0 Å². The van der Waals surface area contributed by atoms with Crippen molar-refractivity contribution >= 4 is 22.0 Å². The Morgan fingerprint density at radius 1 is 1.38 bits per heavy atom. The van der Waals surface area contributed by atoms with Crippen LogP contribution in [0.1, 0.15) is 5.82 Å². The lowest BCUT2D eigenvalue weighted by Crippen LogP contribution is -1.99. The van der Waals surface area contributed by atoms with Gasteiger partial charge in [0, 0.05) is 6.42 Å². The van der Waals surface area contributed by atoms with E-state index in [2.05, 4.69) is 4.98 Å². The lowest BCUT2D eigenvalue weighted by molar-refractivity contribution is 0.682. The molecular weight excluding hydrogens is 184 g/mol. The lowest BCUT2D eigenvalue weighted by atomic mass is 10.3. The van der Waals surface area contributed by atoms with Crippen LogP contribution in [0.2, 0.25) is 0 Å². The molecule has 0 unspecified atom stereocenters. The summed E-state index contributed by atoms with van der Waals surface area (Å²) >= 11 is 0. The summed E-state index contributed by atoms with van der Waals surface area (Å²) in [5.41, 5.74) is 1.94. The van der Waals surface area contributed by atoms with Gasteiger partial charge in [0.2, 0.25) is 0 Å². The summed E-state index contributed by atoms with van der Waals surface area (Å²) in [4.78, 5) is 4.41. The van der Waals surface area contributed by atoms with E-state index in [1.54, 1.807) is 0 Å². The van der Waals surface area contributed by atoms with E-state index < -0.39 is 11.0 Å². The number of benzene rings is 1. The van der Waals surface area contributed by atoms with E-state index in [4.69, 9.17) is 0 Å². The number of hydrogen-bond donors (Lipinski definition) is 0. The number of aromatic nitrogens is 2. The van der Waals surface area contributed by atoms with Crippen LogP contribution in [0, 0.1) is 0 Å². The average Bonchev–Trinajstić information content (AvgIpc) is 2.66. The van der Waals surface area contributed by atoms with Gasteiger partial charge in [0.25, 0.3) is 0 Å². The maximum atomic E-state index is 11.6. The van der Waals surface area contributed by atoms with Crippen molar-refractivity contribution in [1.29, 1.82) is 0 Å². The SMILES string of the molecule is O=[S@]1CCc2nc3ccccc3n21. The molecule has 1 aromatic heterocycles. The van der Waals surface area contributed by atoms with E-state index in [-0.39, 0.29) is 0 Å². The van der Waals surface area contributed by atoms with Crippen LogP contribution in [-0.2, 0) is 17.4 Å². The van der Waals surface area contributed by atoms with Crippen LogP contribution >= 0.6 is 0 Å². The number of hydrogen-bond acceptors (Lipinski definition) is 2. The Morgan fingerprint density at radius 3 is 3.15 bits per heavy atom. The Kier molecular flexibility index (Phi) is 1.35. The molecule has 2 heterocycles. The molecule has 0 radical (unpaired) electrons. The first-order valence-electron chi connectivity index (χ1n) is 4.21. The minimum Gasteiger partial charge on any atom is -0.245 e. The second kappa shape index (κ2) is 2.42. The van der Waals surface area contributed by atoms with Gasteiger partial charge in [-0.25, -0.2) is 13.2 Å². The minimum atomic E-state index is -0.887. The zero-order chi connectivity index (χ0) is 8.84. The predicted molar refractivity (Wildman–Crippen MR) is 51.8 cm³/mol. The highest BCUT2D eigenvalue weighted by Gasteiger charge is 2.21. The van der Waals surface area contributed by atoms with Gasteiger partial charge in [-0.2, -0.15) is 0 Å². The molecule has 0 saturated heterocycles. The van der Waals surface area contributed by atoms with Crippen LogP contribution in [0.4, 0.5) is 0 Å². The number of nitrogens with zero attached hydrogens (tertiary/aromatic N) is 2. The Balaban J connectivity index is 2.46. The maximum absolute atomic E-state index is 11.6. The van der Waals surface area contributed by atoms with Gasteiger partial charge in [-0.1, -0.05) is 12.1 Å². The third-order valence-corrected chi connectivity index (χ3v) is 3.66. The second-order valence-electron chi connectivity index (χ2n) is 3.09. The fraction of sp³-hybridized carbons (Fsp3) is 0.222. The van der Waals surface area contributed by atoms with Crippen LogP contribution in [-0.4, -0.2) is 18.9 Å². The molecular formula is C9H8N2OS. The zero-order valence-electron chi connectivity index (χ0n) is 6.93. The van der Waals surface area contributed by atoms with Gasteiger partial charge in [-0.15, -0.1) is 0 Å². The monoisotopic (exact) mass is 192 g/mol. The quantitative estimate of drug-likeness (QED) is 0.626. The van der Waals surface area contributed by atoms with E-state index >= 15 is 0 Å². The molecule has 1 aliphatic rings. The summed E-state index contributed by atoms with van der Waals surface area (Å²) in [6, 6.07) is 7.83. The number of fused-ring (bicyclic) bond motifs is 3. The summed E-state index contributed by atoms with van der Waals surface area (Å²) in [7, 11) is -0.887. The molecule has 3 nitrogen and oxygen atoms in total. The smallest absolute Gasteiger partial charge is 0.125 e. The van der Waals surface area contributed by atoms with Crippen molar-refractivity contribution in [2.75, 3.05) is 5.75 Å². The number of imidazole rings is 1. The molecule has 0 N–H and O–H groups in total. The van der Waals surface area contributed by atoms with Crippen molar-refractivity contribution in [2.24, 2.45) is 0 Å². The van der Waals surface area contributed by atoms with E-state index in [1.807, 2.05) is 28.2 Å². The van der Waals surface area contributed by atoms with Gasteiger partial charge >= 0.3 is 0 Å². The Labute approximate surface area is 78.0 Å². The number of aryl methyl sites for hydroxylation is 1. The largest absolute Gasteiger partial charge is 0.245 e. The third kappa shape index (κ3) is 0.891. The van der Waals surface area contributed by atoms with Crippen molar-refractivity contribution in [3.05, 3.63) is 30.1 Å². The summed E-state index contributed by atoms with van der Waals surface area (Å²) in [5, 5.41) is 0. The topological polar surface area (TPSA) is 34.9 Å². The van der Waals surface area contributed by atoms with E-state index in [0.717, 1.165) is 23.3 Å². The molecule has 0 fully saturated rings. The molecule has 0 aliphatic carbocycles. The van der Waals surface area contributed by atoms with Crippen LogP contribution in [0.5, 0.6) is 0 Å². The number of rotatable bonds is 0. The van der Waals surface area contributed by atoms with Gasteiger partial charge < -0.3 is 0 Å². The molecule has 1 aromatic carbocycles. The fourth-order valence-corrected chi connectivity index (χ4v) is 2.99. The summed E-state index contributed by atoms with van der Waals surface area (Å²) in [6.45, 7) is 0. The van der Waals surface area contributed by atoms with E-state index in [1.165, 1.54) is 0 Å². The van der Waals surface area contributed by atoms with Gasteiger partial charge in [-0.3, -0.25) is 0 Å². The van der Waals surface area contributed by atoms with Crippen molar-refractivity contribution < 1.29 is 4.21 Å². The molecule has 0 saturated carbocycles. The maximum Gasteiger partial charge on any atom is 0.125 e. The zero-order valence-corrected chi connectivity index (χ0v) is 7.75. The van der Waals surface area contributed by atoms with Gasteiger partial charge in [-0.05, 0) is 12.1 Å². The van der Waals surface area contributed by atoms with Crippen LogP contribution in [0.25, 0.3) is 11.0 Å². The third-order valence-electron chi connectivity index (χ3n) is 2.29. The second-order valence-corrected chi connectivity index (χ2v) is 4.50. The summed E-state index contributed by atoms with van der Waals surface area (Å²) in [6.07, 6.45) is 0.835. The molecule has 0 spiro atoms. The molecule has 0 bridgehead atoms. The van der Waals surface area contributed by atoms with E-state index in [0.29, 0.717) is 5.75 Å². The van der Waals surface area contributed by atoms with Crippen LogP contribution in [0.15, 0.2) is 24.3 Å². The molecule has 3 rings (SSSR count). The lowest BCUT2D eigenvalue weighted by Gasteiger charge is -1.95. The molecule has 4 heteroatoms. The highest BCUT2D eigenvalue weighted by atomic mass is 32.2. The average molecular weight is 192 g/mol. The molecule has 1 aliphatic heterocycles. The van der Waals surface area contributed by atoms with Crippen molar-refractivity contribution in [1.82, 2.24) is 8.96 Å². The fourth-order valence-electron chi connectivity index (χ4n) is 1.71. The van der Waals surface area contributed by atoms with Crippen molar-refractivity contribution in [3.63, 3.8) is 0 Å². The minimum absolute atomic E-state index is 0.715. The first-order chi connectivity index (χ1) is 6.36. The summed E-state index contributed by atoms with van der Waals surface area (Å²) < 4.78 is 13.4. The molecule has 0 amide bonds. The Morgan fingerprint density at radius 2 is 2.23 bits per heavy atom. The van der Waals surface area contributed by atoms with Gasteiger partial charge in [0.15, 0.2) is 0 Å². The van der Waals surface area contributed by atoms with Crippen LogP contribution < -0.4 is 0 Å². The molecule has 2 aromatic rings. The molecule has 66 valence electrons. The normalized spacial score (nSPS) is 20.8. The van der Waals surface area contributed by atoms with Crippen LogP contribution in [0.3, 0.4) is 0 Å². The summed E-state index contributed by atoms with van der Waals surface area (Å²) in [5.74, 6) is 1.67. The van der Waals surface area contributed by atoms with Gasteiger partial charge in [0.05, 0.1) is 16.8 Å². The first kappa shape index (κ1) is 7.26. The molecule has 1 atom stereocenters. The van der Waals surface area contributed by atoms with E-state index in [9.17, 15) is 4.21 Å². The Hall–Kier alpha value is -1.16.